The van der Waals surface area contributed by atoms with Crippen molar-refractivity contribution in [3.05, 3.63) is 29.8 Å². The molecule has 0 spiro atoms. The first kappa shape index (κ1) is 22.6. The van der Waals surface area contributed by atoms with E-state index >= 15 is 0 Å². The van der Waals surface area contributed by atoms with Crippen molar-refractivity contribution >= 4 is 27.8 Å². The van der Waals surface area contributed by atoms with E-state index < -0.39 is 45.8 Å². The van der Waals surface area contributed by atoms with Gasteiger partial charge in [-0.1, -0.05) is 12.1 Å². The Labute approximate surface area is 169 Å². The molecule has 11 heteroatoms. The molecule has 0 bridgehead atoms. The third-order valence-corrected chi connectivity index (χ3v) is 5.89. The van der Waals surface area contributed by atoms with Gasteiger partial charge < -0.3 is 20.5 Å². The maximum Gasteiger partial charge on any atom is 0.326 e. The predicted octanol–water partition coefficient (Wildman–Crippen LogP) is -0.797. The monoisotopic (exact) mass is 427 g/mol. The van der Waals surface area contributed by atoms with Crippen LogP contribution in [0.3, 0.4) is 0 Å². The van der Waals surface area contributed by atoms with Gasteiger partial charge in [0.25, 0.3) is 0 Å². The summed E-state index contributed by atoms with van der Waals surface area (Å²) in [6.07, 6.45) is 1.13. The first-order valence-electron chi connectivity index (χ1n) is 8.93. The molecular weight excluding hydrogens is 402 g/mol. The SMILES string of the molecule is COc1ccc(C[C@H](NC(=O)[C@H](C)NC(=O)C2CN(S(C)(=O)=O)C2)C(=O)O)cc1. The van der Waals surface area contributed by atoms with Gasteiger partial charge in [0.2, 0.25) is 21.8 Å². The molecule has 2 atom stereocenters. The fraction of sp³-hybridized carbons (Fsp3) is 0.500. The summed E-state index contributed by atoms with van der Waals surface area (Å²) in [7, 11) is -1.81. The molecule has 1 aliphatic rings. The molecule has 2 amide bonds. The number of nitrogens with one attached hydrogen (secondary N) is 2. The van der Waals surface area contributed by atoms with Crippen LogP contribution in [0.2, 0.25) is 0 Å². The number of hydrogen-bond acceptors (Lipinski definition) is 6. The summed E-state index contributed by atoms with van der Waals surface area (Å²) in [5, 5.41) is 14.3. The van der Waals surface area contributed by atoms with Gasteiger partial charge in [0.05, 0.1) is 19.3 Å². The standard InChI is InChI=1S/C18H25N3O7S/c1-11(19-17(23)13-9-21(10-13)29(3,26)27)16(22)20-15(18(24)25)8-12-4-6-14(28-2)7-5-12/h4-7,11,13,15H,8-10H2,1-3H3,(H,19,23)(H,20,22)(H,24,25)/t11-,15-/m0/s1. The number of ether oxygens (including phenoxy) is 1. The smallest absolute Gasteiger partial charge is 0.326 e. The number of rotatable bonds is 9. The van der Waals surface area contributed by atoms with Crippen molar-refractivity contribution in [1.29, 1.82) is 0 Å². The summed E-state index contributed by atoms with van der Waals surface area (Å²) in [4.78, 5) is 36.0. The van der Waals surface area contributed by atoms with E-state index in [2.05, 4.69) is 10.6 Å². The van der Waals surface area contributed by atoms with Crippen LogP contribution < -0.4 is 15.4 Å². The minimum Gasteiger partial charge on any atom is -0.497 e. The highest BCUT2D eigenvalue weighted by molar-refractivity contribution is 7.88. The Morgan fingerprint density at radius 3 is 2.28 bits per heavy atom. The Balaban J connectivity index is 1.88. The molecule has 1 fully saturated rings. The van der Waals surface area contributed by atoms with Crippen LogP contribution >= 0.6 is 0 Å². The molecule has 1 aromatic carbocycles. The quantitative estimate of drug-likeness (QED) is 0.468. The van der Waals surface area contributed by atoms with Crippen LogP contribution in [-0.4, -0.2) is 74.2 Å². The predicted molar refractivity (Wildman–Crippen MR) is 104 cm³/mol. The Bertz CT molecular complexity index is 864. The number of amides is 2. The first-order chi connectivity index (χ1) is 13.5. The highest BCUT2D eigenvalue weighted by Crippen LogP contribution is 2.19. The molecule has 1 heterocycles. The van der Waals surface area contributed by atoms with Crippen molar-refractivity contribution in [2.75, 3.05) is 26.5 Å². The Hall–Kier alpha value is -2.66. The van der Waals surface area contributed by atoms with Crippen molar-refractivity contribution in [2.24, 2.45) is 5.92 Å². The molecule has 0 radical (unpaired) electrons. The average Bonchev–Trinajstić information content (AvgIpc) is 2.58. The van der Waals surface area contributed by atoms with Gasteiger partial charge in [-0.2, -0.15) is 0 Å². The lowest BCUT2D eigenvalue weighted by Crippen LogP contribution is -2.58. The Morgan fingerprint density at radius 2 is 1.79 bits per heavy atom. The van der Waals surface area contributed by atoms with Crippen molar-refractivity contribution < 1.29 is 32.6 Å². The molecule has 0 aliphatic carbocycles. The van der Waals surface area contributed by atoms with Crippen LogP contribution in [0.5, 0.6) is 5.75 Å². The number of carbonyl (C=O) groups excluding carboxylic acids is 2. The number of methoxy groups -OCH3 is 1. The lowest BCUT2D eigenvalue weighted by molar-refractivity contribution is -0.142. The minimum atomic E-state index is -3.34. The number of carboxylic acids is 1. The van der Waals surface area contributed by atoms with Gasteiger partial charge in [-0.15, -0.1) is 0 Å². The molecule has 2 rings (SSSR count). The molecule has 160 valence electrons. The maximum absolute atomic E-state index is 12.3. The van der Waals surface area contributed by atoms with E-state index in [1.807, 2.05) is 0 Å². The van der Waals surface area contributed by atoms with E-state index in [0.717, 1.165) is 10.6 Å². The lowest BCUT2D eigenvalue weighted by Gasteiger charge is -2.36. The number of nitrogens with zero attached hydrogens (tertiary/aromatic N) is 1. The number of sulfonamides is 1. The van der Waals surface area contributed by atoms with Crippen molar-refractivity contribution in [1.82, 2.24) is 14.9 Å². The summed E-state index contributed by atoms with van der Waals surface area (Å²) in [6, 6.07) is 4.66. The third-order valence-electron chi connectivity index (χ3n) is 4.65. The van der Waals surface area contributed by atoms with Gasteiger partial charge in [0.1, 0.15) is 17.8 Å². The number of carboxylic acid groups (broad SMARTS) is 1. The molecular formula is C18H25N3O7S. The average molecular weight is 427 g/mol. The lowest BCUT2D eigenvalue weighted by atomic mass is 10.0. The van der Waals surface area contributed by atoms with E-state index in [1.165, 1.54) is 14.0 Å². The van der Waals surface area contributed by atoms with E-state index in [9.17, 15) is 27.9 Å². The normalized spacial score (nSPS) is 16.9. The zero-order chi connectivity index (χ0) is 21.8. The Kier molecular flexibility index (Phi) is 7.20. The fourth-order valence-electron chi connectivity index (χ4n) is 2.77. The third kappa shape index (κ3) is 6.16. The van der Waals surface area contributed by atoms with Gasteiger partial charge in [-0.25, -0.2) is 17.5 Å². The zero-order valence-electron chi connectivity index (χ0n) is 16.4. The largest absolute Gasteiger partial charge is 0.497 e. The number of benzene rings is 1. The molecule has 0 unspecified atom stereocenters. The molecule has 1 aromatic rings. The summed E-state index contributed by atoms with van der Waals surface area (Å²) in [6.45, 7) is 1.56. The second-order valence-corrected chi connectivity index (χ2v) is 8.94. The van der Waals surface area contributed by atoms with Gasteiger partial charge in [0.15, 0.2) is 0 Å². The van der Waals surface area contributed by atoms with Crippen LogP contribution in [0.4, 0.5) is 0 Å². The van der Waals surface area contributed by atoms with Crippen LogP contribution in [0.25, 0.3) is 0 Å². The summed E-state index contributed by atoms with van der Waals surface area (Å²) >= 11 is 0. The van der Waals surface area contributed by atoms with E-state index in [-0.39, 0.29) is 19.5 Å². The van der Waals surface area contributed by atoms with Crippen LogP contribution in [0, 0.1) is 5.92 Å². The van der Waals surface area contributed by atoms with Crippen LogP contribution in [-0.2, 0) is 30.8 Å². The first-order valence-corrected chi connectivity index (χ1v) is 10.8. The summed E-state index contributed by atoms with van der Waals surface area (Å²) in [5.41, 5.74) is 0.700. The van der Waals surface area contributed by atoms with Gasteiger partial charge in [-0.05, 0) is 24.6 Å². The van der Waals surface area contributed by atoms with Gasteiger partial charge in [0, 0.05) is 19.5 Å². The summed E-state index contributed by atoms with van der Waals surface area (Å²) in [5.74, 6) is -2.19. The molecule has 0 aromatic heterocycles. The van der Waals surface area contributed by atoms with Crippen molar-refractivity contribution in [2.45, 2.75) is 25.4 Å². The van der Waals surface area contributed by atoms with E-state index in [1.54, 1.807) is 24.3 Å². The summed E-state index contributed by atoms with van der Waals surface area (Å²) < 4.78 is 28.9. The topological polar surface area (TPSA) is 142 Å². The van der Waals surface area contributed by atoms with Crippen molar-refractivity contribution in [3.8, 4) is 5.75 Å². The number of carbonyl (C=O) groups is 3. The molecule has 29 heavy (non-hydrogen) atoms. The second-order valence-electron chi connectivity index (χ2n) is 6.96. The van der Waals surface area contributed by atoms with Crippen molar-refractivity contribution in [3.63, 3.8) is 0 Å². The van der Waals surface area contributed by atoms with Gasteiger partial charge in [-0.3, -0.25) is 9.59 Å². The molecule has 1 saturated heterocycles. The molecule has 3 N–H and O–H groups in total. The van der Waals surface area contributed by atoms with E-state index in [4.69, 9.17) is 4.74 Å². The molecule has 1 aliphatic heterocycles. The fourth-order valence-corrected chi connectivity index (χ4v) is 3.67. The van der Waals surface area contributed by atoms with Gasteiger partial charge >= 0.3 is 5.97 Å². The highest BCUT2D eigenvalue weighted by atomic mass is 32.2. The molecule has 10 nitrogen and oxygen atoms in total. The minimum absolute atomic E-state index is 0.0637. The number of hydrogen-bond donors (Lipinski definition) is 3. The molecule has 0 saturated carbocycles. The van der Waals surface area contributed by atoms with E-state index in [0.29, 0.717) is 11.3 Å². The Morgan fingerprint density at radius 1 is 1.21 bits per heavy atom. The van der Waals surface area contributed by atoms with Crippen LogP contribution in [0.1, 0.15) is 12.5 Å². The maximum atomic E-state index is 12.3. The second kappa shape index (κ2) is 9.23. The highest BCUT2D eigenvalue weighted by Gasteiger charge is 2.38. The zero-order valence-corrected chi connectivity index (χ0v) is 17.2. The van der Waals surface area contributed by atoms with Crippen LogP contribution in [0.15, 0.2) is 24.3 Å². The number of aliphatic carboxylic acids is 1.